The van der Waals surface area contributed by atoms with Gasteiger partial charge < -0.3 is 0 Å². The maximum absolute atomic E-state index is 12.2. The minimum atomic E-state index is -0.162. The number of hydrogen-bond donors (Lipinski definition) is 1. The summed E-state index contributed by atoms with van der Waals surface area (Å²) in [5.41, 5.74) is 1.56. The molecule has 0 aliphatic carbocycles. The van der Waals surface area contributed by atoms with Crippen LogP contribution in [0.5, 0.6) is 0 Å². The number of piperidine rings is 1. The highest BCUT2D eigenvalue weighted by atomic mass is 32.1. The molecule has 6 heteroatoms. The van der Waals surface area contributed by atoms with Crippen LogP contribution in [0.1, 0.15) is 40.7 Å². The molecule has 0 saturated carbocycles. The normalized spacial score (nSPS) is 16.4. The van der Waals surface area contributed by atoms with Crippen molar-refractivity contribution in [3.8, 4) is 0 Å². The summed E-state index contributed by atoms with van der Waals surface area (Å²) in [5.74, 6) is 0.674. The summed E-state index contributed by atoms with van der Waals surface area (Å²) in [5, 5.41) is 3.54. The molecule has 1 amide bonds. The molecule has 0 atom stereocenters. The number of amides is 1. The number of carbonyl (C=O) groups is 1. The first-order chi connectivity index (χ1) is 11.1. The first-order valence-corrected chi connectivity index (χ1v) is 8.83. The number of nitrogens with one attached hydrogen (secondary N) is 1. The molecule has 122 valence electrons. The highest BCUT2D eigenvalue weighted by molar-refractivity contribution is 7.15. The van der Waals surface area contributed by atoms with Gasteiger partial charge in [0.15, 0.2) is 5.13 Å². The molecule has 0 unspecified atom stereocenters. The maximum Gasteiger partial charge on any atom is 0.259 e. The first kappa shape index (κ1) is 16.1. The van der Waals surface area contributed by atoms with Crippen molar-refractivity contribution in [2.45, 2.75) is 33.2 Å². The standard InChI is InChI=1S/C17H22N4OS/c1-12-5-8-21(9-6-12)11-15-13(2)19-17(23-15)20-16(22)14-4-3-7-18-10-14/h3-4,7,10,12H,5-6,8-9,11H2,1-2H3,(H,19,20,22). The van der Waals surface area contributed by atoms with E-state index >= 15 is 0 Å². The summed E-state index contributed by atoms with van der Waals surface area (Å²) in [4.78, 5) is 24.3. The number of aryl methyl sites for hydroxylation is 1. The third-order valence-corrected chi connectivity index (χ3v) is 5.34. The van der Waals surface area contributed by atoms with E-state index in [2.05, 4.69) is 27.1 Å². The Morgan fingerprint density at radius 1 is 1.43 bits per heavy atom. The number of pyridine rings is 1. The molecule has 3 rings (SSSR count). The van der Waals surface area contributed by atoms with Crippen molar-refractivity contribution in [2.24, 2.45) is 5.92 Å². The Labute approximate surface area is 140 Å². The lowest BCUT2D eigenvalue weighted by Crippen LogP contribution is -2.32. The summed E-state index contributed by atoms with van der Waals surface area (Å²) in [7, 11) is 0. The molecule has 5 nitrogen and oxygen atoms in total. The van der Waals surface area contributed by atoms with E-state index in [0.29, 0.717) is 10.7 Å². The SMILES string of the molecule is Cc1nc(NC(=O)c2cccnc2)sc1CN1CCC(C)CC1. The molecule has 0 spiro atoms. The highest BCUT2D eigenvalue weighted by Gasteiger charge is 2.18. The average molecular weight is 330 g/mol. The van der Waals surface area contributed by atoms with Gasteiger partial charge in [-0.1, -0.05) is 6.92 Å². The first-order valence-electron chi connectivity index (χ1n) is 8.02. The van der Waals surface area contributed by atoms with Crippen LogP contribution in [-0.2, 0) is 6.54 Å². The smallest absolute Gasteiger partial charge is 0.259 e. The lowest BCUT2D eigenvalue weighted by molar-refractivity contribution is 0.102. The summed E-state index contributed by atoms with van der Waals surface area (Å²) < 4.78 is 0. The van der Waals surface area contributed by atoms with E-state index in [4.69, 9.17) is 0 Å². The van der Waals surface area contributed by atoms with Gasteiger partial charge in [-0.25, -0.2) is 4.98 Å². The van der Waals surface area contributed by atoms with Gasteiger partial charge in [0.2, 0.25) is 0 Å². The molecule has 1 aliphatic rings. The molecule has 1 N–H and O–H groups in total. The van der Waals surface area contributed by atoms with Crippen molar-refractivity contribution in [1.82, 2.24) is 14.9 Å². The van der Waals surface area contributed by atoms with E-state index in [1.54, 1.807) is 35.9 Å². The number of anilines is 1. The van der Waals surface area contributed by atoms with E-state index in [1.165, 1.54) is 17.7 Å². The Morgan fingerprint density at radius 3 is 2.91 bits per heavy atom. The van der Waals surface area contributed by atoms with Crippen LogP contribution in [0.3, 0.4) is 0 Å². The van der Waals surface area contributed by atoms with Crippen LogP contribution in [0.4, 0.5) is 5.13 Å². The summed E-state index contributed by atoms with van der Waals surface area (Å²) in [6.45, 7) is 7.56. The van der Waals surface area contributed by atoms with Gasteiger partial charge in [-0.05, 0) is 50.9 Å². The molecule has 0 radical (unpaired) electrons. The fourth-order valence-electron chi connectivity index (χ4n) is 2.72. The molecule has 1 saturated heterocycles. The van der Waals surface area contributed by atoms with E-state index in [1.807, 2.05) is 6.92 Å². The van der Waals surface area contributed by atoms with Crippen LogP contribution < -0.4 is 5.32 Å². The van der Waals surface area contributed by atoms with E-state index in [0.717, 1.165) is 31.2 Å². The van der Waals surface area contributed by atoms with Crippen LogP contribution in [-0.4, -0.2) is 33.9 Å². The Balaban J connectivity index is 1.63. The highest BCUT2D eigenvalue weighted by Crippen LogP contribution is 2.26. The average Bonchev–Trinajstić information content (AvgIpc) is 2.90. The third-order valence-electron chi connectivity index (χ3n) is 4.28. The van der Waals surface area contributed by atoms with Gasteiger partial charge in [-0.2, -0.15) is 0 Å². The fourth-order valence-corrected chi connectivity index (χ4v) is 3.72. The van der Waals surface area contributed by atoms with E-state index in [-0.39, 0.29) is 5.91 Å². The van der Waals surface area contributed by atoms with Crippen LogP contribution >= 0.6 is 11.3 Å². The maximum atomic E-state index is 12.2. The van der Waals surface area contributed by atoms with Crippen molar-refractivity contribution in [1.29, 1.82) is 0 Å². The third kappa shape index (κ3) is 4.14. The largest absolute Gasteiger partial charge is 0.298 e. The van der Waals surface area contributed by atoms with E-state index < -0.39 is 0 Å². The van der Waals surface area contributed by atoms with Gasteiger partial charge >= 0.3 is 0 Å². The van der Waals surface area contributed by atoms with Crippen molar-refractivity contribution in [3.63, 3.8) is 0 Å². The number of thiazole rings is 1. The molecule has 0 aromatic carbocycles. The predicted octanol–water partition coefficient (Wildman–Crippen LogP) is 3.33. The minimum absolute atomic E-state index is 0.162. The second-order valence-corrected chi connectivity index (χ2v) is 7.27. The zero-order valence-electron chi connectivity index (χ0n) is 13.6. The molecular weight excluding hydrogens is 308 g/mol. The van der Waals surface area contributed by atoms with Gasteiger partial charge in [0, 0.05) is 23.8 Å². The van der Waals surface area contributed by atoms with Gasteiger partial charge in [0.05, 0.1) is 11.3 Å². The zero-order chi connectivity index (χ0) is 16.2. The minimum Gasteiger partial charge on any atom is -0.298 e. The molecule has 3 heterocycles. The number of likely N-dealkylation sites (tertiary alicyclic amines) is 1. The second-order valence-electron chi connectivity index (χ2n) is 6.18. The van der Waals surface area contributed by atoms with Crippen molar-refractivity contribution in [3.05, 3.63) is 40.7 Å². The van der Waals surface area contributed by atoms with Crippen LogP contribution in [0.2, 0.25) is 0 Å². The molecule has 23 heavy (non-hydrogen) atoms. The molecule has 1 aliphatic heterocycles. The summed E-state index contributed by atoms with van der Waals surface area (Å²) in [6, 6.07) is 3.50. The lowest BCUT2D eigenvalue weighted by Gasteiger charge is -2.29. The lowest BCUT2D eigenvalue weighted by atomic mass is 9.99. The Morgan fingerprint density at radius 2 is 2.22 bits per heavy atom. The monoisotopic (exact) mass is 330 g/mol. The van der Waals surface area contributed by atoms with E-state index in [9.17, 15) is 4.79 Å². The predicted molar refractivity (Wildman–Crippen MR) is 92.7 cm³/mol. The number of aromatic nitrogens is 2. The zero-order valence-corrected chi connectivity index (χ0v) is 14.4. The fraction of sp³-hybridized carbons (Fsp3) is 0.471. The summed E-state index contributed by atoms with van der Waals surface area (Å²) >= 11 is 1.57. The molecule has 2 aromatic rings. The Kier molecular flexibility index (Phi) is 5.03. The Hall–Kier alpha value is -1.79. The number of rotatable bonds is 4. The van der Waals surface area contributed by atoms with Crippen molar-refractivity contribution in [2.75, 3.05) is 18.4 Å². The number of nitrogens with zero attached hydrogens (tertiary/aromatic N) is 3. The second kappa shape index (κ2) is 7.19. The quantitative estimate of drug-likeness (QED) is 0.934. The van der Waals surface area contributed by atoms with Crippen LogP contribution in [0.25, 0.3) is 0 Å². The number of hydrogen-bond acceptors (Lipinski definition) is 5. The van der Waals surface area contributed by atoms with Gasteiger partial charge in [-0.3, -0.25) is 20.0 Å². The van der Waals surface area contributed by atoms with Gasteiger partial charge in [0.25, 0.3) is 5.91 Å². The summed E-state index contributed by atoms with van der Waals surface area (Å²) in [6.07, 6.45) is 5.75. The molecular formula is C17H22N4OS. The van der Waals surface area contributed by atoms with Crippen LogP contribution in [0.15, 0.2) is 24.5 Å². The molecule has 0 bridgehead atoms. The number of carbonyl (C=O) groups excluding carboxylic acids is 1. The van der Waals surface area contributed by atoms with Crippen molar-refractivity contribution < 1.29 is 4.79 Å². The Bertz CT molecular complexity index is 662. The molecule has 2 aromatic heterocycles. The van der Waals surface area contributed by atoms with Gasteiger partial charge in [0.1, 0.15) is 0 Å². The topological polar surface area (TPSA) is 58.1 Å². The van der Waals surface area contributed by atoms with Crippen LogP contribution in [0, 0.1) is 12.8 Å². The van der Waals surface area contributed by atoms with Crippen molar-refractivity contribution >= 4 is 22.4 Å². The molecule has 1 fully saturated rings. The van der Waals surface area contributed by atoms with Gasteiger partial charge in [-0.15, -0.1) is 11.3 Å².